The van der Waals surface area contributed by atoms with Gasteiger partial charge in [-0.2, -0.15) is 0 Å². The van der Waals surface area contributed by atoms with E-state index in [0.717, 1.165) is 55.0 Å². The van der Waals surface area contributed by atoms with E-state index in [1.54, 1.807) is 27.3 Å². The number of carbonyl (C=O) groups excluding carboxylic acids is 1. The third-order valence-corrected chi connectivity index (χ3v) is 7.62. The SMILES string of the molecule is CNC(=O)c1ccc(COC2CNCCC2c2ccc(OCCCOCc3ccccc3OC)cc2)cc1OCCCOC. The molecule has 3 aromatic carbocycles. The minimum Gasteiger partial charge on any atom is -0.496 e. The first-order chi connectivity index (χ1) is 21.6. The number of piperidine rings is 1. The molecule has 0 aliphatic carbocycles. The quantitative estimate of drug-likeness (QED) is 0.193. The molecular weight excluding hydrogens is 560 g/mol. The van der Waals surface area contributed by atoms with Crippen LogP contribution in [0.5, 0.6) is 17.2 Å². The van der Waals surface area contributed by atoms with Crippen LogP contribution in [0, 0.1) is 0 Å². The van der Waals surface area contributed by atoms with E-state index in [1.165, 1.54) is 5.56 Å². The van der Waals surface area contributed by atoms with Crippen LogP contribution in [0.1, 0.15) is 52.2 Å². The van der Waals surface area contributed by atoms with Crippen LogP contribution in [-0.4, -0.2) is 72.8 Å². The zero-order valence-corrected chi connectivity index (χ0v) is 26.1. The maximum Gasteiger partial charge on any atom is 0.254 e. The third kappa shape index (κ3) is 9.95. The van der Waals surface area contributed by atoms with Crippen molar-refractivity contribution in [3.63, 3.8) is 0 Å². The maximum atomic E-state index is 12.4. The van der Waals surface area contributed by atoms with Crippen molar-refractivity contribution in [3.05, 3.63) is 89.0 Å². The van der Waals surface area contributed by atoms with Gasteiger partial charge in [0.1, 0.15) is 17.2 Å². The summed E-state index contributed by atoms with van der Waals surface area (Å²) in [6.07, 6.45) is 2.53. The fraction of sp³-hybridized carbons (Fsp3) is 0.457. The molecule has 1 aliphatic heterocycles. The Balaban J connectivity index is 1.26. The molecule has 0 bridgehead atoms. The van der Waals surface area contributed by atoms with Crippen LogP contribution in [0.15, 0.2) is 66.7 Å². The average Bonchev–Trinajstić information content (AvgIpc) is 3.07. The summed E-state index contributed by atoms with van der Waals surface area (Å²) in [5.74, 6) is 2.33. The highest BCUT2D eigenvalue weighted by molar-refractivity contribution is 5.96. The molecule has 1 aliphatic rings. The number of para-hydroxylation sites is 1. The van der Waals surface area contributed by atoms with Crippen molar-refractivity contribution in [1.29, 1.82) is 0 Å². The Labute approximate surface area is 261 Å². The van der Waals surface area contributed by atoms with Crippen LogP contribution in [0.25, 0.3) is 0 Å². The predicted octanol–water partition coefficient (Wildman–Crippen LogP) is 5.12. The molecule has 9 heteroatoms. The summed E-state index contributed by atoms with van der Waals surface area (Å²) < 4.78 is 34.7. The van der Waals surface area contributed by atoms with E-state index in [4.69, 9.17) is 28.4 Å². The molecule has 0 radical (unpaired) electrons. The molecule has 1 fully saturated rings. The summed E-state index contributed by atoms with van der Waals surface area (Å²) in [7, 11) is 4.95. The maximum absolute atomic E-state index is 12.4. The van der Waals surface area contributed by atoms with E-state index in [2.05, 4.69) is 22.8 Å². The van der Waals surface area contributed by atoms with Crippen molar-refractivity contribution in [1.82, 2.24) is 10.6 Å². The lowest BCUT2D eigenvalue weighted by atomic mass is 9.87. The molecular formula is C35H46N2O7. The average molecular weight is 607 g/mol. The summed E-state index contributed by atoms with van der Waals surface area (Å²) in [6.45, 7) is 4.92. The monoisotopic (exact) mass is 606 g/mol. The van der Waals surface area contributed by atoms with Crippen molar-refractivity contribution in [2.45, 2.75) is 44.5 Å². The fourth-order valence-electron chi connectivity index (χ4n) is 5.24. The van der Waals surface area contributed by atoms with Gasteiger partial charge in [-0.05, 0) is 54.4 Å². The molecule has 1 amide bonds. The van der Waals surface area contributed by atoms with Crippen molar-refractivity contribution >= 4 is 5.91 Å². The van der Waals surface area contributed by atoms with Gasteiger partial charge in [-0.25, -0.2) is 0 Å². The second-order valence-electron chi connectivity index (χ2n) is 10.7. The highest BCUT2D eigenvalue weighted by Crippen LogP contribution is 2.30. The number of rotatable bonds is 18. The number of hydrogen-bond acceptors (Lipinski definition) is 8. The first-order valence-electron chi connectivity index (χ1n) is 15.3. The molecule has 0 aromatic heterocycles. The standard InChI is InChI=1S/C35H46N2O7/c1-36-35(38)31-15-10-26(22-33(31)43-21-6-18-39-2)24-44-34-23-37-17-16-30(34)27-11-13-29(14-12-27)42-20-7-19-41-25-28-8-4-5-9-32(28)40-3/h4-5,8-15,22,30,34,37H,6-7,16-21,23-25H2,1-3H3,(H,36,38). The van der Waals surface area contributed by atoms with Gasteiger partial charge in [-0.3, -0.25) is 4.79 Å². The van der Waals surface area contributed by atoms with Crippen molar-refractivity contribution in [2.24, 2.45) is 0 Å². The Hall–Kier alpha value is -3.63. The molecule has 238 valence electrons. The Bertz CT molecular complexity index is 1280. The van der Waals surface area contributed by atoms with Gasteiger partial charge >= 0.3 is 0 Å². The summed E-state index contributed by atoms with van der Waals surface area (Å²) in [5, 5.41) is 6.15. The van der Waals surface area contributed by atoms with E-state index in [1.807, 2.05) is 48.5 Å². The summed E-state index contributed by atoms with van der Waals surface area (Å²) in [5.41, 5.74) is 3.74. The Morgan fingerprint density at radius 2 is 1.68 bits per heavy atom. The second-order valence-corrected chi connectivity index (χ2v) is 10.7. The zero-order chi connectivity index (χ0) is 31.0. The first kappa shape index (κ1) is 33.3. The highest BCUT2D eigenvalue weighted by Gasteiger charge is 2.27. The lowest BCUT2D eigenvalue weighted by molar-refractivity contribution is 0.0105. The normalized spacial score (nSPS) is 16.3. The Morgan fingerprint density at radius 1 is 0.886 bits per heavy atom. The van der Waals surface area contributed by atoms with Gasteiger partial charge in [-0.1, -0.05) is 36.4 Å². The van der Waals surface area contributed by atoms with Gasteiger partial charge in [0.05, 0.1) is 51.8 Å². The number of ether oxygens (including phenoxy) is 6. The first-order valence-corrected chi connectivity index (χ1v) is 15.3. The predicted molar refractivity (Wildman–Crippen MR) is 170 cm³/mol. The van der Waals surface area contributed by atoms with Gasteiger partial charge in [0, 0.05) is 51.6 Å². The molecule has 2 unspecified atom stereocenters. The lowest BCUT2D eigenvalue weighted by Gasteiger charge is -2.32. The number of nitrogens with one attached hydrogen (secondary N) is 2. The van der Waals surface area contributed by atoms with Gasteiger partial charge < -0.3 is 39.1 Å². The lowest BCUT2D eigenvalue weighted by Crippen LogP contribution is -2.40. The molecule has 44 heavy (non-hydrogen) atoms. The van der Waals surface area contributed by atoms with Gasteiger partial charge in [-0.15, -0.1) is 0 Å². The summed E-state index contributed by atoms with van der Waals surface area (Å²) in [6, 6.07) is 21.9. The number of benzene rings is 3. The number of methoxy groups -OCH3 is 2. The van der Waals surface area contributed by atoms with E-state index in [9.17, 15) is 4.79 Å². The van der Waals surface area contributed by atoms with Crippen LogP contribution in [0.4, 0.5) is 0 Å². The van der Waals surface area contributed by atoms with Crippen molar-refractivity contribution < 1.29 is 33.2 Å². The fourth-order valence-corrected chi connectivity index (χ4v) is 5.24. The molecule has 2 N–H and O–H groups in total. The molecule has 4 rings (SSSR count). The van der Waals surface area contributed by atoms with Crippen molar-refractivity contribution in [2.75, 3.05) is 60.8 Å². The highest BCUT2D eigenvalue weighted by atomic mass is 16.5. The number of hydrogen-bond donors (Lipinski definition) is 2. The van der Waals surface area contributed by atoms with Crippen LogP contribution >= 0.6 is 0 Å². The molecule has 3 aromatic rings. The van der Waals surface area contributed by atoms with Gasteiger partial charge in [0.2, 0.25) is 0 Å². The van der Waals surface area contributed by atoms with Crippen LogP contribution in [0.2, 0.25) is 0 Å². The molecule has 0 spiro atoms. The van der Waals surface area contributed by atoms with Crippen LogP contribution < -0.4 is 24.8 Å². The van der Waals surface area contributed by atoms with E-state index in [-0.39, 0.29) is 17.9 Å². The molecule has 1 saturated heterocycles. The minimum atomic E-state index is -0.180. The second kappa shape index (κ2) is 18.2. The largest absolute Gasteiger partial charge is 0.496 e. The smallest absolute Gasteiger partial charge is 0.254 e. The molecule has 0 saturated carbocycles. The Morgan fingerprint density at radius 3 is 2.48 bits per heavy atom. The minimum absolute atomic E-state index is 0.0144. The summed E-state index contributed by atoms with van der Waals surface area (Å²) in [4.78, 5) is 12.4. The molecule has 9 nitrogen and oxygen atoms in total. The van der Waals surface area contributed by atoms with E-state index in [0.29, 0.717) is 51.0 Å². The Kier molecular flexibility index (Phi) is 13.8. The number of amides is 1. The topological polar surface area (TPSA) is 96.5 Å². The molecule has 2 atom stereocenters. The van der Waals surface area contributed by atoms with Crippen molar-refractivity contribution in [3.8, 4) is 17.2 Å². The van der Waals surface area contributed by atoms with Gasteiger partial charge in [0.25, 0.3) is 5.91 Å². The van der Waals surface area contributed by atoms with Crippen LogP contribution in [0.3, 0.4) is 0 Å². The van der Waals surface area contributed by atoms with E-state index >= 15 is 0 Å². The molecule has 1 heterocycles. The number of carbonyl (C=O) groups is 1. The van der Waals surface area contributed by atoms with E-state index < -0.39 is 0 Å². The van der Waals surface area contributed by atoms with Gasteiger partial charge in [0.15, 0.2) is 0 Å². The zero-order valence-electron chi connectivity index (χ0n) is 26.1. The van der Waals surface area contributed by atoms with Crippen LogP contribution in [-0.2, 0) is 27.4 Å². The third-order valence-electron chi connectivity index (χ3n) is 7.62. The summed E-state index contributed by atoms with van der Waals surface area (Å²) >= 11 is 0.